The molecule has 16 heavy (non-hydrogen) atoms. The second-order valence-electron chi connectivity index (χ2n) is 4.47. The normalized spacial score (nSPS) is 12.9. The van der Waals surface area contributed by atoms with E-state index in [1.165, 1.54) is 42.5 Å². The average Bonchev–Trinajstić information content (AvgIpc) is 2.76. The molecule has 0 aliphatic carbocycles. The molecule has 0 aromatic carbocycles. The summed E-state index contributed by atoms with van der Waals surface area (Å²) < 4.78 is 0. The maximum Gasteiger partial charge on any atom is 0.0392 e. The topological polar surface area (TPSA) is 26.0 Å². The van der Waals surface area contributed by atoms with Crippen molar-refractivity contribution in [2.45, 2.75) is 64.8 Å². The molecule has 1 heterocycles. The molecular weight excluding hydrogens is 214 g/mol. The van der Waals surface area contributed by atoms with Crippen LogP contribution in [0.3, 0.4) is 0 Å². The van der Waals surface area contributed by atoms with E-state index in [-0.39, 0.29) is 6.04 Å². The zero-order valence-electron chi connectivity index (χ0n) is 10.7. The highest BCUT2D eigenvalue weighted by Crippen LogP contribution is 2.27. The number of rotatable bonds is 8. The Kier molecular flexibility index (Phi) is 6.74. The van der Waals surface area contributed by atoms with Crippen molar-refractivity contribution >= 4 is 11.3 Å². The molecule has 1 atom stereocenters. The molecule has 0 radical (unpaired) electrons. The van der Waals surface area contributed by atoms with Gasteiger partial charge in [0.05, 0.1) is 0 Å². The van der Waals surface area contributed by atoms with Gasteiger partial charge in [-0.1, -0.05) is 46.0 Å². The van der Waals surface area contributed by atoms with Gasteiger partial charge in [0.2, 0.25) is 0 Å². The summed E-state index contributed by atoms with van der Waals surface area (Å²) in [5.41, 5.74) is 7.69. The fourth-order valence-electron chi connectivity index (χ4n) is 2.06. The molecule has 92 valence electrons. The Bertz CT molecular complexity index is 280. The van der Waals surface area contributed by atoms with E-state index < -0.39 is 0 Å². The van der Waals surface area contributed by atoms with Gasteiger partial charge < -0.3 is 5.73 Å². The van der Waals surface area contributed by atoms with Gasteiger partial charge in [-0.2, -0.15) is 0 Å². The number of hydrogen-bond acceptors (Lipinski definition) is 2. The lowest BCUT2D eigenvalue weighted by molar-refractivity contribution is 0.558. The summed E-state index contributed by atoms with van der Waals surface area (Å²) in [5, 5.41) is 2.17. The van der Waals surface area contributed by atoms with Gasteiger partial charge in [0.15, 0.2) is 0 Å². The van der Waals surface area contributed by atoms with Crippen LogP contribution in [0.1, 0.15) is 68.9 Å². The number of aryl methyl sites for hydroxylation is 1. The van der Waals surface area contributed by atoms with Crippen molar-refractivity contribution in [3.63, 3.8) is 0 Å². The van der Waals surface area contributed by atoms with Gasteiger partial charge in [-0.15, -0.1) is 11.3 Å². The van der Waals surface area contributed by atoms with Crippen molar-refractivity contribution < 1.29 is 0 Å². The molecule has 0 saturated heterocycles. The fourth-order valence-corrected chi connectivity index (χ4v) is 3.10. The molecule has 0 bridgehead atoms. The van der Waals surface area contributed by atoms with E-state index in [0.717, 1.165) is 12.8 Å². The lowest BCUT2D eigenvalue weighted by Crippen LogP contribution is -2.10. The van der Waals surface area contributed by atoms with E-state index in [1.54, 1.807) is 0 Å². The zero-order chi connectivity index (χ0) is 11.8. The van der Waals surface area contributed by atoms with Crippen molar-refractivity contribution in [1.82, 2.24) is 0 Å². The molecule has 1 aromatic rings. The standard InChI is InChI=1S/C14H25NS/c1-3-5-6-7-8-9-13(15)14-12(4-2)10-11-16-14/h10-11,13H,3-9,15H2,1-2H3. The number of nitrogens with two attached hydrogens (primary N) is 1. The first-order chi connectivity index (χ1) is 7.79. The van der Waals surface area contributed by atoms with E-state index >= 15 is 0 Å². The Balaban J connectivity index is 2.27. The third-order valence-electron chi connectivity index (χ3n) is 3.12. The fraction of sp³-hybridized carbons (Fsp3) is 0.714. The van der Waals surface area contributed by atoms with Gasteiger partial charge in [0, 0.05) is 10.9 Å². The SMILES string of the molecule is CCCCCCCC(N)c1sccc1CC. The van der Waals surface area contributed by atoms with Crippen LogP contribution in [0.15, 0.2) is 11.4 Å². The molecule has 0 fully saturated rings. The molecule has 0 aliphatic heterocycles. The Morgan fingerprint density at radius 3 is 2.62 bits per heavy atom. The Hall–Kier alpha value is -0.340. The van der Waals surface area contributed by atoms with Gasteiger partial charge in [0.25, 0.3) is 0 Å². The predicted molar refractivity (Wildman–Crippen MR) is 74.0 cm³/mol. The predicted octanol–water partition coefficient (Wildman–Crippen LogP) is 4.67. The molecule has 0 aliphatic rings. The summed E-state index contributed by atoms with van der Waals surface area (Å²) in [6, 6.07) is 2.49. The van der Waals surface area contributed by atoms with Gasteiger partial charge in [0.1, 0.15) is 0 Å². The first kappa shape index (κ1) is 13.7. The number of hydrogen-bond donors (Lipinski definition) is 1. The molecule has 1 aromatic heterocycles. The Labute approximate surface area is 104 Å². The summed E-state index contributed by atoms with van der Waals surface area (Å²) in [5.74, 6) is 0. The van der Waals surface area contributed by atoms with Crippen LogP contribution >= 0.6 is 11.3 Å². The molecule has 0 saturated carbocycles. The monoisotopic (exact) mass is 239 g/mol. The summed E-state index contributed by atoms with van der Waals surface area (Å²) in [6.07, 6.45) is 8.94. The van der Waals surface area contributed by atoms with Crippen molar-refractivity contribution in [3.8, 4) is 0 Å². The molecule has 0 spiro atoms. The molecule has 2 heteroatoms. The van der Waals surface area contributed by atoms with Crippen molar-refractivity contribution in [3.05, 3.63) is 21.9 Å². The molecule has 1 nitrogen and oxygen atoms in total. The second kappa shape index (κ2) is 7.86. The van der Waals surface area contributed by atoms with Gasteiger partial charge in [-0.3, -0.25) is 0 Å². The van der Waals surface area contributed by atoms with Crippen LogP contribution in [0.5, 0.6) is 0 Å². The first-order valence-electron chi connectivity index (χ1n) is 6.61. The van der Waals surface area contributed by atoms with E-state index in [1.807, 2.05) is 11.3 Å². The van der Waals surface area contributed by atoms with Crippen LogP contribution in [0.4, 0.5) is 0 Å². The van der Waals surface area contributed by atoms with Crippen molar-refractivity contribution in [1.29, 1.82) is 0 Å². The Morgan fingerprint density at radius 2 is 1.94 bits per heavy atom. The van der Waals surface area contributed by atoms with E-state index in [2.05, 4.69) is 25.3 Å². The maximum atomic E-state index is 6.24. The highest BCUT2D eigenvalue weighted by Gasteiger charge is 2.10. The van der Waals surface area contributed by atoms with Crippen LogP contribution in [0.2, 0.25) is 0 Å². The molecule has 1 unspecified atom stereocenters. The second-order valence-corrected chi connectivity index (χ2v) is 5.42. The number of unbranched alkanes of at least 4 members (excludes halogenated alkanes) is 4. The lowest BCUT2D eigenvalue weighted by Gasteiger charge is -2.11. The molecule has 0 amide bonds. The summed E-state index contributed by atoms with van der Waals surface area (Å²) >= 11 is 1.83. The van der Waals surface area contributed by atoms with Crippen LogP contribution < -0.4 is 5.73 Å². The highest BCUT2D eigenvalue weighted by molar-refractivity contribution is 7.10. The third kappa shape index (κ3) is 4.26. The quantitative estimate of drug-likeness (QED) is 0.655. The summed E-state index contributed by atoms with van der Waals surface area (Å²) in [4.78, 5) is 1.41. The zero-order valence-corrected chi connectivity index (χ0v) is 11.5. The van der Waals surface area contributed by atoms with E-state index in [0.29, 0.717) is 0 Å². The van der Waals surface area contributed by atoms with Gasteiger partial charge in [-0.25, -0.2) is 0 Å². The summed E-state index contributed by atoms with van der Waals surface area (Å²) in [7, 11) is 0. The smallest absolute Gasteiger partial charge is 0.0392 e. The minimum absolute atomic E-state index is 0.275. The Morgan fingerprint density at radius 1 is 1.19 bits per heavy atom. The molecule has 1 rings (SSSR count). The summed E-state index contributed by atoms with van der Waals surface area (Å²) in [6.45, 7) is 4.46. The average molecular weight is 239 g/mol. The van der Waals surface area contributed by atoms with Crippen LogP contribution in [0.25, 0.3) is 0 Å². The minimum atomic E-state index is 0.275. The van der Waals surface area contributed by atoms with Gasteiger partial charge in [-0.05, 0) is 29.9 Å². The maximum absolute atomic E-state index is 6.24. The van der Waals surface area contributed by atoms with Gasteiger partial charge >= 0.3 is 0 Å². The lowest BCUT2D eigenvalue weighted by atomic mass is 10.0. The van der Waals surface area contributed by atoms with Crippen LogP contribution in [0, 0.1) is 0 Å². The van der Waals surface area contributed by atoms with Crippen LogP contribution in [-0.4, -0.2) is 0 Å². The first-order valence-corrected chi connectivity index (χ1v) is 7.49. The highest BCUT2D eigenvalue weighted by atomic mass is 32.1. The number of thiophene rings is 1. The minimum Gasteiger partial charge on any atom is -0.323 e. The molecule has 2 N–H and O–H groups in total. The molecular formula is C14H25NS. The largest absolute Gasteiger partial charge is 0.323 e. The van der Waals surface area contributed by atoms with Crippen molar-refractivity contribution in [2.75, 3.05) is 0 Å². The van der Waals surface area contributed by atoms with Crippen molar-refractivity contribution in [2.24, 2.45) is 5.73 Å². The van der Waals surface area contributed by atoms with E-state index in [9.17, 15) is 0 Å². The van der Waals surface area contributed by atoms with Crippen LogP contribution in [-0.2, 0) is 6.42 Å². The van der Waals surface area contributed by atoms with E-state index in [4.69, 9.17) is 5.73 Å². The third-order valence-corrected chi connectivity index (χ3v) is 4.21.